The van der Waals surface area contributed by atoms with E-state index in [0.29, 0.717) is 0 Å². The molecule has 2 aromatic carbocycles. The van der Waals surface area contributed by atoms with Crippen molar-refractivity contribution < 1.29 is 0 Å². The summed E-state index contributed by atoms with van der Waals surface area (Å²) in [6.07, 6.45) is 4.93. The number of rotatable bonds is 4. The number of nitrogens with one attached hydrogen (secondary N) is 2. The van der Waals surface area contributed by atoms with Gasteiger partial charge in [-0.3, -0.25) is 0 Å². The van der Waals surface area contributed by atoms with Gasteiger partial charge in [-0.05, 0) is 12.8 Å². The molecular formula is C19H20N3+. The minimum atomic E-state index is 0.104. The van der Waals surface area contributed by atoms with Crippen LogP contribution in [0.3, 0.4) is 0 Å². The van der Waals surface area contributed by atoms with Gasteiger partial charge in [0.15, 0.2) is 5.71 Å². The first-order valence-corrected chi connectivity index (χ1v) is 7.63. The Bertz CT molecular complexity index is 630. The molecule has 3 rings (SSSR count). The van der Waals surface area contributed by atoms with E-state index >= 15 is 0 Å². The van der Waals surface area contributed by atoms with E-state index in [2.05, 4.69) is 28.8 Å². The van der Waals surface area contributed by atoms with E-state index in [1.807, 2.05) is 36.4 Å². The number of hydrogen-bond donors (Lipinski definition) is 2. The monoisotopic (exact) mass is 290 g/mol. The Morgan fingerprint density at radius 3 is 1.50 bits per heavy atom. The van der Waals surface area contributed by atoms with Crippen molar-refractivity contribution in [3.63, 3.8) is 0 Å². The van der Waals surface area contributed by atoms with Crippen molar-refractivity contribution in [2.24, 2.45) is 11.8 Å². The molecule has 1 fully saturated rings. The van der Waals surface area contributed by atoms with Crippen LogP contribution >= 0.6 is 0 Å². The molecule has 1 aliphatic carbocycles. The summed E-state index contributed by atoms with van der Waals surface area (Å²) in [5.41, 5.74) is 3.32. The summed E-state index contributed by atoms with van der Waals surface area (Å²) in [6, 6.07) is 20.5. The van der Waals surface area contributed by atoms with Gasteiger partial charge in [0.05, 0.1) is 11.8 Å². The zero-order valence-corrected chi connectivity index (χ0v) is 12.4. The molecule has 0 heterocycles. The first-order chi connectivity index (χ1) is 10.8. The van der Waals surface area contributed by atoms with Crippen molar-refractivity contribution in [1.82, 2.24) is 4.58 Å². The molecule has 22 heavy (non-hydrogen) atoms. The molecule has 0 aliphatic heterocycles. The lowest BCUT2D eigenvalue weighted by Crippen LogP contribution is -2.28. The van der Waals surface area contributed by atoms with E-state index in [9.17, 15) is 0 Å². The van der Waals surface area contributed by atoms with Gasteiger partial charge in [-0.1, -0.05) is 36.4 Å². The molecule has 0 bridgehead atoms. The molecule has 0 amide bonds. The summed E-state index contributed by atoms with van der Waals surface area (Å²) in [4.78, 5) is 0. The van der Waals surface area contributed by atoms with Crippen LogP contribution in [0.5, 0.6) is 0 Å². The summed E-state index contributed by atoms with van der Waals surface area (Å²) in [6.45, 7) is 0. The second kappa shape index (κ2) is 6.48. The minimum absolute atomic E-state index is 0.104. The van der Waals surface area contributed by atoms with Crippen LogP contribution < -0.4 is 4.58 Å². The van der Waals surface area contributed by atoms with E-state index in [1.54, 1.807) is 0 Å². The zero-order chi connectivity index (χ0) is 15.4. The topological polar surface area (TPSA) is 50.7 Å². The van der Waals surface area contributed by atoms with Gasteiger partial charge in [0, 0.05) is 36.7 Å². The van der Waals surface area contributed by atoms with Crippen molar-refractivity contribution in [3.05, 3.63) is 60.7 Å². The van der Waals surface area contributed by atoms with Gasteiger partial charge < -0.3 is 10.8 Å². The van der Waals surface area contributed by atoms with Gasteiger partial charge in [-0.25, -0.2) is 0 Å². The highest BCUT2D eigenvalue weighted by Gasteiger charge is 2.38. The Labute approximate surface area is 131 Å². The fraction of sp³-hybridized carbons (Fsp3) is 0.211. The standard InChI is InChI=1S/C19H20N3/c20-13-15-11-12-16(14-21)19(15)22(17-7-3-1-4-8-17)18-9-5-2-6-10-18/h1-10,13-16,20-21H,11-12H2/q+1. The molecule has 0 spiro atoms. The first kappa shape index (κ1) is 14.4. The lowest BCUT2D eigenvalue weighted by Gasteiger charge is -2.11. The Balaban J connectivity index is 2.26. The molecule has 110 valence electrons. The smallest absolute Gasteiger partial charge is 0.211 e. The predicted molar refractivity (Wildman–Crippen MR) is 93.1 cm³/mol. The van der Waals surface area contributed by atoms with Gasteiger partial charge in [0.2, 0.25) is 11.4 Å². The predicted octanol–water partition coefficient (Wildman–Crippen LogP) is 4.29. The highest BCUT2D eigenvalue weighted by Crippen LogP contribution is 2.31. The van der Waals surface area contributed by atoms with E-state index < -0.39 is 0 Å². The van der Waals surface area contributed by atoms with Crippen LogP contribution in [0, 0.1) is 22.7 Å². The van der Waals surface area contributed by atoms with Gasteiger partial charge in [-0.15, -0.1) is 0 Å². The highest BCUT2D eigenvalue weighted by atomic mass is 15.0. The van der Waals surface area contributed by atoms with Gasteiger partial charge in [-0.2, -0.15) is 4.58 Å². The fourth-order valence-corrected chi connectivity index (χ4v) is 3.20. The zero-order valence-electron chi connectivity index (χ0n) is 12.4. The maximum Gasteiger partial charge on any atom is 0.211 e. The van der Waals surface area contributed by atoms with E-state index in [4.69, 9.17) is 10.8 Å². The second-order valence-corrected chi connectivity index (χ2v) is 5.56. The SMILES string of the molecule is N=CC1CCC(C=N)C1=[N+](c1ccccc1)c1ccccc1. The Morgan fingerprint density at radius 2 is 1.14 bits per heavy atom. The summed E-state index contributed by atoms with van der Waals surface area (Å²) in [5, 5.41) is 15.5. The third kappa shape index (κ3) is 2.62. The van der Waals surface area contributed by atoms with Crippen LogP contribution in [0.25, 0.3) is 0 Å². The van der Waals surface area contributed by atoms with Crippen LogP contribution in [0.15, 0.2) is 60.7 Å². The number of benzene rings is 2. The average molecular weight is 290 g/mol. The Kier molecular flexibility index (Phi) is 4.24. The molecule has 2 atom stereocenters. The number of hydrogen-bond acceptors (Lipinski definition) is 2. The lowest BCUT2D eigenvalue weighted by molar-refractivity contribution is 0.781. The van der Waals surface area contributed by atoms with E-state index in [-0.39, 0.29) is 11.8 Å². The fourth-order valence-electron chi connectivity index (χ4n) is 3.20. The molecule has 3 heteroatoms. The Hall–Kier alpha value is -2.55. The van der Waals surface area contributed by atoms with Gasteiger partial charge >= 0.3 is 0 Å². The van der Waals surface area contributed by atoms with Crippen LogP contribution in [0.2, 0.25) is 0 Å². The van der Waals surface area contributed by atoms with Crippen molar-refractivity contribution >= 4 is 29.5 Å². The van der Waals surface area contributed by atoms with Gasteiger partial charge in [0.25, 0.3) is 0 Å². The van der Waals surface area contributed by atoms with E-state index in [1.165, 1.54) is 12.4 Å². The quantitative estimate of drug-likeness (QED) is 0.623. The van der Waals surface area contributed by atoms with Crippen molar-refractivity contribution in [2.75, 3.05) is 0 Å². The number of para-hydroxylation sites is 2. The summed E-state index contributed by atoms with van der Waals surface area (Å²) in [7, 11) is 0. The minimum Gasteiger partial charge on any atom is -0.312 e. The third-order valence-electron chi connectivity index (χ3n) is 4.24. The molecule has 2 aromatic rings. The van der Waals surface area contributed by atoms with Crippen molar-refractivity contribution in [3.8, 4) is 0 Å². The molecule has 2 unspecified atom stereocenters. The van der Waals surface area contributed by atoms with Crippen LogP contribution in [-0.2, 0) is 0 Å². The molecular weight excluding hydrogens is 270 g/mol. The molecule has 2 N–H and O–H groups in total. The first-order valence-electron chi connectivity index (χ1n) is 7.63. The third-order valence-corrected chi connectivity index (χ3v) is 4.24. The van der Waals surface area contributed by atoms with Crippen molar-refractivity contribution in [2.45, 2.75) is 12.8 Å². The second-order valence-electron chi connectivity index (χ2n) is 5.56. The average Bonchev–Trinajstić information content (AvgIpc) is 3.00. The number of nitrogens with zero attached hydrogens (tertiary/aromatic N) is 1. The molecule has 1 aliphatic rings. The van der Waals surface area contributed by atoms with Gasteiger partial charge in [0.1, 0.15) is 0 Å². The summed E-state index contributed by atoms with van der Waals surface area (Å²) in [5.74, 6) is 0.207. The van der Waals surface area contributed by atoms with Crippen LogP contribution in [-0.4, -0.2) is 18.1 Å². The highest BCUT2D eigenvalue weighted by molar-refractivity contribution is 6.10. The van der Waals surface area contributed by atoms with E-state index in [0.717, 1.165) is 29.9 Å². The normalized spacial score (nSPS) is 20.6. The summed E-state index contributed by atoms with van der Waals surface area (Å²) >= 11 is 0. The molecule has 0 radical (unpaired) electrons. The molecule has 3 nitrogen and oxygen atoms in total. The van der Waals surface area contributed by atoms with Crippen molar-refractivity contribution in [1.29, 1.82) is 10.8 Å². The summed E-state index contributed by atoms with van der Waals surface area (Å²) < 4.78 is 2.22. The molecule has 0 saturated heterocycles. The van der Waals surface area contributed by atoms with Crippen LogP contribution in [0.4, 0.5) is 11.4 Å². The lowest BCUT2D eigenvalue weighted by atomic mass is 10.0. The van der Waals surface area contributed by atoms with Crippen LogP contribution in [0.1, 0.15) is 12.8 Å². The largest absolute Gasteiger partial charge is 0.312 e. The maximum absolute atomic E-state index is 7.77. The molecule has 0 aromatic heterocycles. The maximum atomic E-state index is 7.77. The Morgan fingerprint density at radius 1 is 0.727 bits per heavy atom. The molecule has 1 saturated carbocycles.